The van der Waals surface area contributed by atoms with Gasteiger partial charge in [-0.15, -0.1) is 0 Å². The Morgan fingerprint density at radius 3 is 2.79 bits per heavy atom. The number of aliphatic imine (C=N–C) groups is 1. The van der Waals surface area contributed by atoms with Crippen molar-refractivity contribution in [3.63, 3.8) is 0 Å². The van der Waals surface area contributed by atoms with Crippen LogP contribution >= 0.6 is 23.5 Å². The average Bonchev–Trinajstić information content (AvgIpc) is 2.63. The predicted molar refractivity (Wildman–Crippen MR) is 66.8 cm³/mol. The maximum atomic E-state index is 4.37. The quantitative estimate of drug-likeness (QED) is 0.757. The van der Waals surface area contributed by atoms with Crippen molar-refractivity contribution >= 4 is 27.9 Å². The monoisotopic (exact) mass is 221 g/mol. The van der Waals surface area contributed by atoms with Gasteiger partial charge in [-0.05, 0) is 5.56 Å². The Morgan fingerprint density at radius 1 is 1.36 bits per heavy atom. The molecule has 0 bridgehead atoms. The summed E-state index contributed by atoms with van der Waals surface area (Å²) in [6.07, 6.45) is 0. The topological polar surface area (TPSA) is 12.4 Å². The van der Waals surface area contributed by atoms with Crippen LogP contribution in [0.3, 0.4) is 0 Å². The van der Waals surface area contributed by atoms with Crippen LogP contribution < -0.4 is 0 Å². The zero-order valence-electron chi connectivity index (χ0n) is 7.77. The summed E-state index contributed by atoms with van der Waals surface area (Å²) < 4.78 is 1.15. The summed E-state index contributed by atoms with van der Waals surface area (Å²) in [5.74, 6) is 1.000. The maximum Gasteiger partial charge on any atom is 0.129 e. The van der Waals surface area contributed by atoms with Crippen LogP contribution in [0, 0.1) is 0 Å². The largest absolute Gasteiger partial charge is 0.266 e. The van der Waals surface area contributed by atoms with E-state index >= 15 is 0 Å². The first-order valence-electron chi connectivity index (χ1n) is 4.41. The molecular weight excluding hydrogens is 210 g/mol. The first-order chi connectivity index (χ1) is 6.84. The molecule has 0 atom stereocenters. The van der Waals surface area contributed by atoms with Gasteiger partial charge in [-0.3, -0.25) is 4.99 Å². The zero-order valence-corrected chi connectivity index (χ0v) is 9.40. The lowest BCUT2D eigenvalue weighted by Gasteiger charge is -1.99. The zero-order chi connectivity index (χ0) is 9.80. The Hall–Kier alpha value is -0.670. The van der Waals surface area contributed by atoms with Gasteiger partial charge in [0.1, 0.15) is 4.38 Å². The second-order valence-electron chi connectivity index (χ2n) is 3.00. The van der Waals surface area contributed by atoms with E-state index in [4.69, 9.17) is 0 Å². The number of nitrogens with zero attached hydrogens (tertiary/aromatic N) is 1. The molecule has 3 heteroatoms. The second-order valence-corrected chi connectivity index (χ2v) is 5.39. The third-order valence-corrected chi connectivity index (χ3v) is 4.00. The molecular formula is C11H11NS2. The molecule has 0 amide bonds. The van der Waals surface area contributed by atoms with Gasteiger partial charge < -0.3 is 0 Å². The molecule has 0 radical (unpaired) electrons. The number of benzene rings is 1. The summed E-state index contributed by atoms with van der Waals surface area (Å²) >= 11 is 3.50. The molecule has 1 aromatic rings. The highest BCUT2D eigenvalue weighted by atomic mass is 32.2. The molecule has 72 valence electrons. The van der Waals surface area contributed by atoms with Gasteiger partial charge >= 0.3 is 0 Å². The van der Waals surface area contributed by atoms with E-state index in [1.807, 2.05) is 6.07 Å². The van der Waals surface area contributed by atoms with Gasteiger partial charge in [0.25, 0.3) is 0 Å². The van der Waals surface area contributed by atoms with E-state index < -0.39 is 0 Å². The van der Waals surface area contributed by atoms with E-state index in [2.05, 4.69) is 35.8 Å². The molecule has 0 aliphatic carbocycles. The molecule has 0 unspecified atom stereocenters. The molecule has 14 heavy (non-hydrogen) atoms. The highest BCUT2D eigenvalue weighted by molar-refractivity contribution is 8.40. The predicted octanol–water partition coefficient (Wildman–Crippen LogP) is 3.54. The molecule has 0 saturated heterocycles. The lowest BCUT2D eigenvalue weighted by molar-refractivity contribution is 1.26. The van der Waals surface area contributed by atoms with Gasteiger partial charge in [-0.1, -0.05) is 60.4 Å². The SMILES string of the molecule is C=C1CN=C(SCc2ccccc2)S1. The summed E-state index contributed by atoms with van der Waals surface area (Å²) in [6, 6.07) is 10.5. The first-order valence-corrected chi connectivity index (χ1v) is 6.21. The molecule has 0 N–H and O–H groups in total. The van der Waals surface area contributed by atoms with E-state index in [9.17, 15) is 0 Å². The molecule has 1 aliphatic heterocycles. The summed E-state index contributed by atoms with van der Waals surface area (Å²) in [5, 5.41) is 0. The summed E-state index contributed by atoms with van der Waals surface area (Å²) in [5.41, 5.74) is 1.35. The molecule has 0 aromatic heterocycles. The standard InChI is InChI=1S/C11H11NS2/c1-9-7-12-11(14-9)13-8-10-5-3-2-4-6-10/h2-6H,1,7-8H2. The van der Waals surface area contributed by atoms with E-state index in [0.717, 1.165) is 21.6 Å². The molecule has 1 aliphatic rings. The Labute approximate surface area is 92.7 Å². The van der Waals surface area contributed by atoms with Crippen LogP contribution in [-0.2, 0) is 5.75 Å². The second kappa shape index (κ2) is 4.71. The molecule has 1 heterocycles. The van der Waals surface area contributed by atoms with Crippen molar-refractivity contribution in [3.8, 4) is 0 Å². The van der Waals surface area contributed by atoms with E-state index in [-0.39, 0.29) is 0 Å². The van der Waals surface area contributed by atoms with Crippen LogP contribution in [0.4, 0.5) is 0 Å². The molecule has 2 rings (SSSR count). The smallest absolute Gasteiger partial charge is 0.129 e. The van der Waals surface area contributed by atoms with Crippen LogP contribution in [0.5, 0.6) is 0 Å². The normalized spacial score (nSPS) is 15.7. The Balaban J connectivity index is 1.86. The number of rotatable bonds is 2. The number of hydrogen-bond donors (Lipinski definition) is 0. The third kappa shape index (κ3) is 2.66. The highest BCUT2D eigenvalue weighted by Gasteiger charge is 2.10. The molecule has 1 aromatic carbocycles. The molecule has 0 fully saturated rings. The van der Waals surface area contributed by atoms with Gasteiger partial charge in [0.05, 0.1) is 6.54 Å². The summed E-state index contributed by atoms with van der Waals surface area (Å²) in [6.45, 7) is 4.69. The van der Waals surface area contributed by atoms with E-state index in [1.165, 1.54) is 5.56 Å². The van der Waals surface area contributed by atoms with Gasteiger partial charge in [0.2, 0.25) is 0 Å². The number of thioether (sulfide) groups is 2. The van der Waals surface area contributed by atoms with Crippen LogP contribution in [0.1, 0.15) is 5.56 Å². The lowest BCUT2D eigenvalue weighted by Crippen LogP contribution is -1.83. The fourth-order valence-corrected chi connectivity index (χ4v) is 3.04. The van der Waals surface area contributed by atoms with Gasteiger partial charge in [-0.2, -0.15) is 0 Å². The van der Waals surface area contributed by atoms with Crippen molar-refractivity contribution in [2.45, 2.75) is 5.75 Å². The summed E-state index contributed by atoms with van der Waals surface area (Å²) in [7, 11) is 0. The molecule has 1 nitrogen and oxygen atoms in total. The van der Waals surface area contributed by atoms with Gasteiger partial charge in [-0.25, -0.2) is 0 Å². The maximum absolute atomic E-state index is 4.37. The molecule has 0 spiro atoms. The Kier molecular flexibility index (Phi) is 3.32. The van der Waals surface area contributed by atoms with Crippen LogP contribution in [-0.4, -0.2) is 10.9 Å². The Bertz CT molecular complexity index is 357. The third-order valence-electron chi connectivity index (χ3n) is 1.82. The van der Waals surface area contributed by atoms with Crippen molar-refractivity contribution in [1.82, 2.24) is 0 Å². The lowest BCUT2D eigenvalue weighted by atomic mass is 10.2. The van der Waals surface area contributed by atoms with Crippen LogP contribution in [0.25, 0.3) is 0 Å². The van der Waals surface area contributed by atoms with E-state index in [0.29, 0.717) is 0 Å². The minimum absolute atomic E-state index is 0.793. The molecule has 0 saturated carbocycles. The fourth-order valence-electron chi connectivity index (χ4n) is 1.14. The van der Waals surface area contributed by atoms with Gasteiger partial charge in [0.15, 0.2) is 0 Å². The van der Waals surface area contributed by atoms with E-state index in [1.54, 1.807) is 23.5 Å². The number of hydrogen-bond acceptors (Lipinski definition) is 3. The van der Waals surface area contributed by atoms with Crippen molar-refractivity contribution in [1.29, 1.82) is 0 Å². The van der Waals surface area contributed by atoms with Crippen molar-refractivity contribution in [2.75, 3.05) is 6.54 Å². The summed E-state index contributed by atoms with van der Waals surface area (Å²) in [4.78, 5) is 5.53. The van der Waals surface area contributed by atoms with Crippen molar-refractivity contribution < 1.29 is 0 Å². The van der Waals surface area contributed by atoms with Crippen molar-refractivity contribution in [3.05, 3.63) is 47.4 Å². The van der Waals surface area contributed by atoms with Gasteiger partial charge in [0, 0.05) is 10.7 Å². The average molecular weight is 221 g/mol. The highest BCUT2D eigenvalue weighted by Crippen LogP contribution is 2.31. The Morgan fingerprint density at radius 2 is 2.14 bits per heavy atom. The minimum Gasteiger partial charge on any atom is -0.266 e. The van der Waals surface area contributed by atoms with Crippen LogP contribution in [0.15, 0.2) is 46.8 Å². The fraction of sp³-hybridized carbons (Fsp3) is 0.182. The van der Waals surface area contributed by atoms with Crippen molar-refractivity contribution in [2.24, 2.45) is 4.99 Å². The first kappa shape index (κ1) is 9.87. The minimum atomic E-state index is 0.793. The van der Waals surface area contributed by atoms with Crippen LogP contribution in [0.2, 0.25) is 0 Å².